The number of aromatic nitrogens is 1. The zero-order valence-corrected chi connectivity index (χ0v) is 13.4. The summed E-state index contributed by atoms with van der Waals surface area (Å²) in [5, 5.41) is 25.3. The Morgan fingerprint density at radius 1 is 1.19 bits per heavy atom. The number of aliphatic hydroxyl groups is 1. The van der Waals surface area contributed by atoms with E-state index in [2.05, 4.69) is 10.1 Å². The van der Waals surface area contributed by atoms with Gasteiger partial charge in [0.2, 0.25) is 0 Å². The third kappa shape index (κ3) is 3.36. The van der Waals surface area contributed by atoms with Gasteiger partial charge < -0.3 is 5.11 Å². The summed E-state index contributed by atoms with van der Waals surface area (Å²) < 4.78 is 39.4. The fourth-order valence-corrected chi connectivity index (χ4v) is 2.61. The van der Waals surface area contributed by atoms with Crippen LogP contribution >= 0.6 is 0 Å². The molecule has 0 saturated carbocycles. The average Bonchev–Trinajstić information content (AvgIpc) is 3.01. The molecular formula is C16H11F3N4O4. The molecule has 0 unspecified atom stereocenters. The second-order valence-electron chi connectivity index (χ2n) is 5.69. The molecule has 8 nitrogen and oxygen atoms in total. The number of non-ortho nitro benzene ring substituents is 1. The van der Waals surface area contributed by atoms with Gasteiger partial charge in [0, 0.05) is 35.7 Å². The Balaban J connectivity index is 2.06. The fourth-order valence-electron chi connectivity index (χ4n) is 2.61. The predicted octanol–water partition coefficient (Wildman–Crippen LogP) is 2.60. The topological polar surface area (TPSA) is 109 Å². The van der Waals surface area contributed by atoms with Crippen LogP contribution in [-0.2, 0) is 5.72 Å². The number of carbonyl (C=O) groups is 1. The Hall–Kier alpha value is -3.34. The van der Waals surface area contributed by atoms with E-state index in [1.54, 1.807) is 0 Å². The number of hydrogen-bond acceptors (Lipinski definition) is 6. The normalized spacial score (nSPS) is 19.7. The highest BCUT2D eigenvalue weighted by Crippen LogP contribution is 2.40. The molecule has 2 aromatic rings. The third-order valence-corrected chi connectivity index (χ3v) is 3.97. The van der Waals surface area contributed by atoms with E-state index in [0.717, 1.165) is 24.3 Å². The molecule has 0 aliphatic carbocycles. The van der Waals surface area contributed by atoms with Crippen LogP contribution < -0.4 is 0 Å². The molecule has 1 aliphatic heterocycles. The fraction of sp³-hybridized carbons (Fsp3) is 0.188. The van der Waals surface area contributed by atoms with E-state index < -0.39 is 34.9 Å². The summed E-state index contributed by atoms with van der Waals surface area (Å²) in [6.07, 6.45) is -3.33. The molecule has 2 heterocycles. The first kappa shape index (κ1) is 18.5. The summed E-state index contributed by atoms with van der Waals surface area (Å²) >= 11 is 0. The smallest absolute Gasteiger partial charge is 0.365 e. The number of rotatable bonds is 3. The zero-order valence-electron chi connectivity index (χ0n) is 13.4. The second-order valence-corrected chi connectivity index (χ2v) is 5.69. The summed E-state index contributed by atoms with van der Waals surface area (Å²) in [6, 6.07) is 6.74. The predicted molar refractivity (Wildman–Crippen MR) is 85.5 cm³/mol. The van der Waals surface area contributed by atoms with Crippen LogP contribution in [0.5, 0.6) is 0 Å². The van der Waals surface area contributed by atoms with E-state index >= 15 is 0 Å². The molecule has 1 atom stereocenters. The van der Waals surface area contributed by atoms with Crippen molar-refractivity contribution in [1.82, 2.24) is 9.99 Å². The standard InChI is InChI=1S/C16H11F3N4O4/c17-16(18,19)13-9-15(25,11-1-3-12(4-2-11)23(26)27)22(21-13)14(24)10-5-7-20-8-6-10/h1-8,25H,9H2/t15-/m1/s1. The van der Waals surface area contributed by atoms with Crippen molar-refractivity contribution in [3.05, 3.63) is 70.0 Å². The molecule has 1 aromatic carbocycles. The highest BCUT2D eigenvalue weighted by molar-refractivity contribution is 5.99. The number of alkyl halides is 3. The summed E-state index contributed by atoms with van der Waals surface area (Å²) in [5.74, 6) is -0.975. The molecule has 0 spiro atoms. The van der Waals surface area contributed by atoms with Gasteiger partial charge in [-0.05, 0) is 24.3 Å². The van der Waals surface area contributed by atoms with Gasteiger partial charge in [-0.2, -0.15) is 23.3 Å². The Morgan fingerprint density at radius 2 is 1.78 bits per heavy atom. The highest BCUT2D eigenvalue weighted by atomic mass is 19.4. The van der Waals surface area contributed by atoms with Crippen LogP contribution in [0, 0.1) is 10.1 Å². The van der Waals surface area contributed by atoms with E-state index in [1.807, 2.05) is 0 Å². The molecule has 0 radical (unpaired) electrons. The maximum absolute atomic E-state index is 13.1. The number of pyridine rings is 1. The molecule has 140 valence electrons. The molecule has 11 heteroatoms. The van der Waals surface area contributed by atoms with Gasteiger partial charge in [-0.1, -0.05) is 0 Å². The average molecular weight is 380 g/mol. The van der Waals surface area contributed by atoms with Gasteiger partial charge in [0.15, 0.2) is 5.72 Å². The first-order chi connectivity index (χ1) is 12.6. The van der Waals surface area contributed by atoms with Gasteiger partial charge in [-0.15, -0.1) is 0 Å². The molecule has 0 saturated heterocycles. The molecule has 1 amide bonds. The number of nitro benzene ring substituents is 1. The highest BCUT2D eigenvalue weighted by Gasteiger charge is 2.53. The van der Waals surface area contributed by atoms with Crippen molar-refractivity contribution in [1.29, 1.82) is 0 Å². The van der Waals surface area contributed by atoms with Crippen LogP contribution in [0.1, 0.15) is 22.3 Å². The van der Waals surface area contributed by atoms with Crippen LogP contribution in [-0.4, -0.2) is 37.8 Å². The SMILES string of the molecule is O=C(c1ccncc1)N1N=C(C(F)(F)F)C[C@@]1(O)c1ccc([N+](=O)[O-])cc1. The minimum absolute atomic E-state index is 0.0301. The number of carbonyl (C=O) groups excluding carboxylic acids is 1. The number of halogens is 3. The van der Waals surface area contributed by atoms with Crippen molar-refractivity contribution in [3.63, 3.8) is 0 Å². The minimum atomic E-state index is -4.86. The molecule has 1 aliphatic rings. The monoisotopic (exact) mass is 380 g/mol. The summed E-state index contributed by atoms with van der Waals surface area (Å²) in [6.45, 7) is 0. The first-order valence-corrected chi connectivity index (χ1v) is 7.49. The maximum Gasteiger partial charge on any atom is 0.431 e. The van der Waals surface area contributed by atoms with Crippen molar-refractivity contribution in [2.45, 2.75) is 18.3 Å². The molecule has 0 fully saturated rings. The zero-order chi connectivity index (χ0) is 19.8. The largest absolute Gasteiger partial charge is 0.431 e. The van der Waals surface area contributed by atoms with E-state index in [0.29, 0.717) is 5.01 Å². The van der Waals surface area contributed by atoms with Crippen molar-refractivity contribution in [2.75, 3.05) is 0 Å². The lowest BCUT2D eigenvalue weighted by molar-refractivity contribution is -0.384. The molecule has 27 heavy (non-hydrogen) atoms. The van der Waals surface area contributed by atoms with E-state index in [9.17, 15) is 33.2 Å². The van der Waals surface area contributed by atoms with Crippen LogP contribution in [0.15, 0.2) is 53.9 Å². The second kappa shape index (κ2) is 6.43. The third-order valence-electron chi connectivity index (χ3n) is 3.97. The van der Waals surface area contributed by atoms with Crippen molar-refractivity contribution < 1.29 is 28.0 Å². The van der Waals surface area contributed by atoms with Crippen LogP contribution in [0.25, 0.3) is 0 Å². The van der Waals surface area contributed by atoms with Gasteiger partial charge in [0.05, 0.1) is 11.3 Å². The van der Waals surface area contributed by atoms with Gasteiger partial charge in [0.1, 0.15) is 5.71 Å². The van der Waals surface area contributed by atoms with Gasteiger partial charge in [-0.25, -0.2) is 0 Å². The van der Waals surface area contributed by atoms with Gasteiger partial charge in [0.25, 0.3) is 11.6 Å². The van der Waals surface area contributed by atoms with Crippen molar-refractivity contribution in [3.8, 4) is 0 Å². The number of nitrogens with zero attached hydrogens (tertiary/aromatic N) is 4. The van der Waals surface area contributed by atoms with Crippen LogP contribution in [0.4, 0.5) is 18.9 Å². The van der Waals surface area contributed by atoms with Crippen molar-refractivity contribution in [2.24, 2.45) is 5.10 Å². The van der Waals surface area contributed by atoms with Crippen molar-refractivity contribution >= 4 is 17.3 Å². The lowest BCUT2D eigenvalue weighted by Crippen LogP contribution is -2.43. The summed E-state index contributed by atoms with van der Waals surface area (Å²) in [7, 11) is 0. The van der Waals surface area contributed by atoms with E-state index in [4.69, 9.17) is 0 Å². The quantitative estimate of drug-likeness (QED) is 0.650. The number of amides is 1. The van der Waals surface area contributed by atoms with E-state index in [1.165, 1.54) is 24.5 Å². The van der Waals surface area contributed by atoms with E-state index in [-0.39, 0.29) is 16.8 Å². The lowest BCUT2D eigenvalue weighted by atomic mass is 9.96. The lowest BCUT2D eigenvalue weighted by Gasteiger charge is -2.31. The molecule has 1 N–H and O–H groups in total. The van der Waals surface area contributed by atoms with Gasteiger partial charge >= 0.3 is 6.18 Å². The van der Waals surface area contributed by atoms with Crippen LogP contribution in [0.2, 0.25) is 0 Å². The molecule has 3 rings (SSSR count). The molecule has 1 aromatic heterocycles. The molecule has 0 bridgehead atoms. The first-order valence-electron chi connectivity index (χ1n) is 7.49. The Morgan fingerprint density at radius 3 is 2.30 bits per heavy atom. The molecular weight excluding hydrogens is 369 g/mol. The Bertz CT molecular complexity index is 916. The Kier molecular flexibility index (Phi) is 4.39. The summed E-state index contributed by atoms with van der Waals surface area (Å²) in [5.41, 5.74) is -4.27. The summed E-state index contributed by atoms with van der Waals surface area (Å²) in [4.78, 5) is 26.4. The number of benzene rings is 1. The maximum atomic E-state index is 13.1. The van der Waals surface area contributed by atoms with Gasteiger partial charge in [-0.3, -0.25) is 19.9 Å². The number of hydrazone groups is 1. The number of hydrogen-bond donors (Lipinski definition) is 1. The minimum Gasteiger partial charge on any atom is -0.365 e. The van der Waals surface area contributed by atoms with Crippen LogP contribution in [0.3, 0.4) is 0 Å². The number of nitro groups is 1. The Labute approximate surface area is 149 Å².